The third-order valence-electron chi connectivity index (χ3n) is 5.64. The summed E-state index contributed by atoms with van der Waals surface area (Å²) < 4.78 is 5.12. The maximum Gasteiger partial charge on any atom is 0.223 e. The van der Waals surface area contributed by atoms with Crippen LogP contribution in [0.3, 0.4) is 0 Å². The van der Waals surface area contributed by atoms with E-state index in [0.29, 0.717) is 38.0 Å². The first-order chi connectivity index (χ1) is 12.2. The first kappa shape index (κ1) is 18.6. The molecule has 0 aromatic heterocycles. The minimum absolute atomic E-state index is 0.219. The van der Waals surface area contributed by atoms with Crippen molar-refractivity contribution in [1.82, 2.24) is 14.9 Å². The lowest BCUT2D eigenvalue weighted by atomic mass is 9.83. The van der Waals surface area contributed by atoms with E-state index in [0.717, 1.165) is 58.5 Å². The second-order valence-corrected chi connectivity index (χ2v) is 7.29. The van der Waals surface area contributed by atoms with Gasteiger partial charge < -0.3 is 14.5 Å². The van der Waals surface area contributed by atoms with Gasteiger partial charge in [-0.05, 0) is 31.6 Å². The van der Waals surface area contributed by atoms with Crippen LogP contribution in [0.2, 0.25) is 0 Å². The summed E-state index contributed by atoms with van der Waals surface area (Å²) in [5.74, 6) is 0.904. The van der Waals surface area contributed by atoms with E-state index in [9.17, 15) is 9.59 Å². The lowest BCUT2D eigenvalue weighted by molar-refractivity contribution is -0.146. The van der Waals surface area contributed by atoms with Crippen molar-refractivity contribution in [3.63, 3.8) is 0 Å². The maximum absolute atomic E-state index is 12.5. The minimum atomic E-state index is 0.219. The molecule has 3 fully saturated rings. The molecule has 2 atom stereocenters. The van der Waals surface area contributed by atoms with Crippen molar-refractivity contribution in [3.8, 4) is 0 Å². The highest BCUT2D eigenvalue weighted by Crippen LogP contribution is 2.31. The van der Waals surface area contributed by atoms with Crippen LogP contribution in [-0.2, 0) is 19.2 Å². The molecule has 0 unspecified atom stereocenters. The molecule has 0 saturated carbocycles. The normalized spacial score (nSPS) is 27.6. The van der Waals surface area contributed by atoms with Crippen molar-refractivity contribution in [2.24, 2.45) is 5.92 Å². The number of hydrogen-bond acceptors (Lipinski definition) is 5. The molecule has 3 aliphatic rings. The second kappa shape index (κ2) is 8.96. The second-order valence-electron chi connectivity index (χ2n) is 7.29. The molecule has 0 aromatic rings. The van der Waals surface area contributed by atoms with Gasteiger partial charge in [0.05, 0.1) is 6.61 Å². The Morgan fingerprint density at radius 3 is 2.92 bits per heavy atom. The molecule has 0 aliphatic carbocycles. The van der Waals surface area contributed by atoms with Gasteiger partial charge in [-0.15, -0.1) is 0 Å². The molecule has 2 amide bonds. The zero-order chi connectivity index (χ0) is 17.6. The summed E-state index contributed by atoms with van der Waals surface area (Å²) in [4.78, 5) is 34.3. The Bertz CT molecular complexity index is 467. The van der Waals surface area contributed by atoms with Gasteiger partial charge in [-0.2, -0.15) is 5.06 Å². The Labute approximate surface area is 150 Å². The Morgan fingerprint density at radius 1 is 1.28 bits per heavy atom. The molecule has 0 radical (unpaired) electrons. The van der Waals surface area contributed by atoms with Crippen molar-refractivity contribution >= 4 is 11.8 Å². The third-order valence-corrected chi connectivity index (χ3v) is 5.64. The van der Waals surface area contributed by atoms with Crippen LogP contribution in [0.25, 0.3) is 0 Å². The lowest BCUT2D eigenvalue weighted by Gasteiger charge is -2.47. The first-order valence-electron chi connectivity index (χ1n) is 9.63. The van der Waals surface area contributed by atoms with Gasteiger partial charge in [0.2, 0.25) is 11.8 Å². The smallest absolute Gasteiger partial charge is 0.223 e. The third kappa shape index (κ3) is 4.71. The van der Waals surface area contributed by atoms with Crippen LogP contribution < -0.4 is 0 Å². The van der Waals surface area contributed by atoms with Crippen LogP contribution in [0.4, 0.5) is 0 Å². The van der Waals surface area contributed by atoms with Gasteiger partial charge >= 0.3 is 0 Å². The SMILES string of the molecule is COCCCN1C(=O)CC[C@H]2CN(C(=O)CCN3CCCO3)CC[C@H]21. The van der Waals surface area contributed by atoms with Crippen LogP contribution in [0.5, 0.6) is 0 Å². The average Bonchev–Trinajstić information content (AvgIpc) is 3.15. The van der Waals surface area contributed by atoms with Gasteiger partial charge in [0.15, 0.2) is 0 Å². The fourth-order valence-corrected chi connectivity index (χ4v) is 4.30. The van der Waals surface area contributed by atoms with Crippen LogP contribution in [-0.4, -0.2) is 85.8 Å². The Kier molecular flexibility index (Phi) is 6.67. The first-order valence-corrected chi connectivity index (χ1v) is 9.63. The molecule has 3 rings (SSSR count). The number of nitrogens with zero attached hydrogens (tertiary/aromatic N) is 3. The van der Waals surface area contributed by atoms with Gasteiger partial charge in [0.25, 0.3) is 0 Å². The molecule has 3 heterocycles. The van der Waals surface area contributed by atoms with Crippen LogP contribution in [0, 0.1) is 5.92 Å². The number of methoxy groups -OCH3 is 1. The highest BCUT2D eigenvalue weighted by atomic mass is 16.7. The molecule has 142 valence electrons. The van der Waals surface area contributed by atoms with Crippen molar-refractivity contribution < 1.29 is 19.2 Å². The van der Waals surface area contributed by atoms with Crippen molar-refractivity contribution in [2.45, 2.75) is 44.6 Å². The van der Waals surface area contributed by atoms with Crippen molar-refractivity contribution in [2.75, 3.05) is 53.0 Å². The van der Waals surface area contributed by atoms with E-state index in [2.05, 4.69) is 0 Å². The monoisotopic (exact) mass is 353 g/mol. The van der Waals surface area contributed by atoms with E-state index >= 15 is 0 Å². The maximum atomic E-state index is 12.5. The number of hydrogen-bond donors (Lipinski definition) is 0. The molecule has 0 N–H and O–H groups in total. The molecule has 7 heteroatoms. The highest BCUT2D eigenvalue weighted by molar-refractivity contribution is 5.78. The standard InChI is InChI=1S/C18H31N3O4/c1-24-12-3-9-21-16-6-10-19(14-15(16)4-5-18(21)23)17(22)7-11-20-8-2-13-25-20/h15-16H,2-14H2,1H3/t15-,16+/m0/s1. The van der Waals surface area contributed by atoms with Crippen LogP contribution in [0.1, 0.15) is 38.5 Å². The minimum Gasteiger partial charge on any atom is -0.385 e. The van der Waals surface area contributed by atoms with Gasteiger partial charge in [-0.25, -0.2) is 0 Å². The van der Waals surface area contributed by atoms with E-state index in [4.69, 9.17) is 9.57 Å². The number of fused-ring (bicyclic) bond motifs is 1. The number of likely N-dealkylation sites (tertiary alicyclic amines) is 2. The van der Waals surface area contributed by atoms with E-state index in [1.54, 1.807) is 7.11 Å². The summed E-state index contributed by atoms with van der Waals surface area (Å²) in [6, 6.07) is 0.295. The molecule has 0 aromatic carbocycles. The number of amides is 2. The van der Waals surface area contributed by atoms with Crippen molar-refractivity contribution in [3.05, 3.63) is 0 Å². The van der Waals surface area contributed by atoms with Crippen LogP contribution in [0.15, 0.2) is 0 Å². The van der Waals surface area contributed by atoms with E-state index in [-0.39, 0.29) is 11.8 Å². The van der Waals surface area contributed by atoms with E-state index in [1.165, 1.54) is 0 Å². The molecule has 0 bridgehead atoms. The van der Waals surface area contributed by atoms with Gasteiger partial charge in [0.1, 0.15) is 0 Å². The topological polar surface area (TPSA) is 62.3 Å². The molecule has 3 saturated heterocycles. The lowest BCUT2D eigenvalue weighted by Crippen LogP contribution is -2.57. The van der Waals surface area contributed by atoms with E-state index < -0.39 is 0 Å². The largest absolute Gasteiger partial charge is 0.385 e. The molecule has 0 spiro atoms. The predicted octanol–water partition coefficient (Wildman–Crippen LogP) is 0.890. The molecular formula is C18H31N3O4. The number of carbonyl (C=O) groups excluding carboxylic acids is 2. The number of rotatable bonds is 7. The quantitative estimate of drug-likeness (QED) is 0.636. The Morgan fingerprint density at radius 2 is 2.16 bits per heavy atom. The summed E-state index contributed by atoms with van der Waals surface area (Å²) >= 11 is 0. The van der Waals surface area contributed by atoms with Gasteiger partial charge in [-0.1, -0.05) is 0 Å². The number of hydroxylamine groups is 2. The fourth-order valence-electron chi connectivity index (χ4n) is 4.30. The van der Waals surface area contributed by atoms with E-state index in [1.807, 2.05) is 14.9 Å². The van der Waals surface area contributed by atoms with Crippen molar-refractivity contribution in [1.29, 1.82) is 0 Å². The zero-order valence-corrected chi connectivity index (χ0v) is 15.3. The zero-order valence-electron chi connectivity index (χ0n) is 15.3. The Hall–Kier alpha value is -1.18. The van der Waals surface area contributed by atoms with Gasteiger partial charge in [0, 0.05) is 65.3 Å². The number of carbonyl (C=O) groups is 2. The number of piperidine rings is 2. The molecule has 3 aliphatic heterocycles. The number of ether oxygens (including phenoxy) is 1. The van der Waals surface area contributed by atoms with Crippen LogP contribution >= 0.6 is 0 Å². The Balaban J connectivity index is 1.48. The molecular weight excluding hydrogens is 322 g/mol. The summed E-state index contributed by atoms with van der Waals surface area (Å²) in [6.07, 6.45) is 4.86. The highest BCUT2D eigenvalue weighted by Gasteiger charge is 2.39. The average molecular weight is 353 g/mol. The predicted molar refractivity (Wildman–Crippen MR) is 92.7 cm³/mol. The van der Waals surface area contributed by atoms with Gasteiger partial charge in [-0.3, -0.25) is 14.4 Å². The summed E-state index contributed by atoms with van der Waals surface area (Å²) in [5.41, 5.74) is 0. The summed E-state index contributed by atoms with van der Waals surface area (Å²) in [5, 5.41) is 1.90. The molecule has 25 heavy (non-hydrogen) atoms. The summed E-state index contributed by atoms with van der Waals surface area (Å²) in [7, 11) is 1.69. The summed E-state index contributed by atoms with van der Waals surface area (Å²) in [6.45, 7) is 5.39. The molecule has 7 nitrogen and oxygen atoms in total. The fraction of sp³-hybridized carbons (Fsp3) is 0.889.